The van der Waals surface area contributed by atoms with Gasteiger partial charge in [0.2, 0.25) is 0 Å². The van der Waals surface area contributed by atoms with Crippen LogP contribution in [0.4, 0.5) is 4.39 Å². The van der Waals surface area contributed by atoms with Crippen molar-refractivity contribution in [2.24, 2.45) is 0 Å². The molecule has 0 radical (unpaired) electrons. The largest absolute Gasteiger partial charge is 0.383 e. The predicted molar refractivity (Wildman–Crippen MR) is 160 cm³/mol. The van der Waals surface area contributed by atoms with Crippen molar-refractivity contribution in [1.29, 1.82) is 0 Å². The number of aromatic nitrogens is 2. The average Bonchev–Trinajstić information content (AvgIpc) is 2.98. The Morgan fingerprint density at radius 2 is 2.05 bits per heavy atom. The zero-order valence-corrected chi connectivity index (χ0v) is 25.8. The molecule has 4 rings (SSSR count). The van der Waals surface area contributed by atoms with Crippen LogP contribution in [0, 0.1) is 5.82 Å². The van der Waals surface area contributed by atoms with Crippen molar-refractivity contribution < 1.29 is 31.9 Å². The summed E-state index contributed by atoms with van der Waals surface area (Å²) in [5, 5.41) is 0.284. The normalized spacial score (nSPS) is 17.2. The summed E-state index contributed by atoms with van der Waals surface area (Å²) >= 11 is 0. The van der Waals surface area contributed by atoms with Crippen molar-refractivity contribution >= 4 is 26.6 Å². The molecule has 1 aromatic heterocycles. The molecule has 1 amide bonds. The standard InChI is InChI=1S/C30H39FN4O7S/c1-30(43(4,38)39,29(37)33-42-27-7-5-6-15-41-27)12-13-35-20-32-26-18-22(9-11-24(26)28(35)36)23-10-8-21(17-25(23)31)19-34(2)14-16-40-3/h8-11,17-18,20,27H,5-7,12-16,19H2,1-4H3,(H,33,37)/t27?,30-/m1/s1. The molecule has 0 aliphatic carbocycles. The first-order valence-corrected chi connectivity index (χ1v) is 16.0. The zero-order valence-electron chi connectivity index (χ0n) is 25.0. The number of rotatable bonds is 13. The number of hydroxylamine groups is 1. The lowest BCUT2D eigenvalue weighted by Crippen LogP contribution is -2.51. The molecule has 1 N–H and O–H groups in total. The summed E-state index contributed by atoms with van der Waals surface area (Å²) in [7, 11) is -0.338. The second-order valence-electron chi connectivity index (χ2n) is 11.1. The first kappa shape index (κ1) is 32.7. The number of nitrogens with zero attached hydrogens (tertiary/aromatic N) is 3. The number of carbonyl (C=O) groups excluding carboxylic acids is 1. The minimum absolute atomic E-state index is 0.0879. The number of halogens is 1. The van der Waals surface area contributed by atoms with Crippen LogP contribution in [-0.4, -0.2) is 80.0 Å². The number of hydrogen-bond donors (Lipinski definition) is 1. The molecule has 43 heavy (non-hydrogen) atoms. The number of sulfone groups is 1. The van der Waals surface area contributed by atoms with E-state index >= 15 is 4.39 Å². The number of amides is 1. The molecule has 13 heteroatoms. The minimum Gasteiger partial charge on any atom is -0.383 e. The molecule has 234 valence electrons. The van der Waals surface area contributed by atoms with E-state index in [0.29, 0.717) is 42.8 Å². The first-order valence-electron chi connectivity index (χ1n) is 14.2. The molecule has 2 heterocycles. The zero-order chi connectivity index (χ0) is 31.2. The highest BCUT2D eigenvalue weighted by Gasteiger charge is 2.44. The maximum absolute atomic E-state index is 15.1. The van der Waals surface area contributed by atoms with Gasteiger partial charge in [-0.15, -0.1) is 0 Å². The molecule has 1 saturated heterocycles. The van der Waals surface area contributed by atoms with Crippen molar-refractivity contribution in [3.8, 4) is 11.1 Å². The quantitative estimate of drug-likeness (QED) is 0.288. The van der Waals surface area contributed by atoms with E-state index in [1.807, 2.05) is 18.0 Å². The Morgan fingerprint density at radius 3 is 2.72 bits per heavy atom. The molecule has 2 aromatic carbocycles. The SMILES string of the molecule is COCCN(C)Cc1ccc(-c2ccc3c(=O)n(CC[C@](C)(C(=O)NOC4CCCCO4)S(C)(=O)=O)cnc3c2)c(F)c1. The molecule has 1 aliphatic heterocycles. The lowest BCUT2D eigenvalue weighted by atomic mass is 10.0. The van der Waals surface area contributed by atoms with Crippen molar-refractivity contribution in [1.82, 2.24) is 19.9 Å². The van der Waals surface area contributed by atoms with E-state index < -0.39 is 32.3 Å². The van der Waals surface area contributed by atoms with Gasteiger partial charge in [-0.25, -0.2) is 28.1 Å². The third-order valence-corrected chi connectivity index (χ3v) is 9.88. The molecule has 0 spiro atoms. The predicted octanol–water partition coefficient (Wildman–Crippen LogP) is 3.05. The Hall–Kier alpha value is -3.23. The molecular formula is C30H39FN4O7S. The maximum Gasteiger partial charge on any atom is 0.264 e. The van der Waals surface area contributed by atoms with Gasteiger partial charge >= 0.3 is 0 Å². The van der Waals surface area contributed by atoms with Crippen LogP contribution in [0.25, 0.3) is 22.0 Å². The number of aryl methyl sites for hydroxylation is 1. The van der Waals surface area contributed by atoms with Gasteiger partial charge in [-0.2, -0.15) is 0 Å². The summed E-state index contributed by atoms with van der Waals surface area (Å²) in [6.07, 6.45) is 3.78. The van der Waals surface area contributed by atoms with E-state index in [-0.39, 0.29) is 24.2 Å². The van der Waals surface area contributed by atoms with E-state index in [9.17, 15) is 18.0 Å². The Bertz CT molecular complexity index is 1610. The second kappa shape index (κ2) is 14.0. The fourth-order valence-corrected chi connectivity index (χ4v) is 5.69. The number of nitrogens with one attached hydrogen (secondary N) is 1. The molecule has 0 saturated carbocycles. The van der Waals surface area contributed by atoms with Crippen LogP contribution in [0.1, 0.15) is 38.2 Å². The number of hydrogen-bond acceptors (Lipinski definition) is 9. The molecule has 1 aliphatic rings. The fourth-order valence-electron chi connectivity index (χ4n) is 4.85. The van der Waals surface area contributed by atoms with Gasteiger partial charge in [0, 0.05) is 51.6 Å². The fraction of sp³-hybridized carbons (Fsp3) is 0.500. The average molecular weight is 619 g/mol. The summed E-state index contributed by atoms with van der Waals surface area (Å²) in [6, 6.07) is 9.93. The molecule has 2 atom stereocenters. The Balaban J connectivity index is 1.49. The summed E-state index contributed by atoms with van der Waals surface area (Å²) in [4.78, 5) is 38.0. The van der Waals surface area contributed by atoms with Crippen molar-refractivity contribution in [2.75, 3.05) is 40.2 Å². The number of benzene rings is 2. The van der Waals surface area contributed by atoms with E-state index in [1.165, 1.54) is 23.9 Å². The van der Waals surface area contributed by atoms with Crippen LogP contribution in [0.5, 0.6) is 0 Å². The molecular weight excluding hydrogens is 579 g/mol. The topological polar surface area (TPSA) is 129 Å². The van der Waals surface area contributed by atoms with Crippen LogP contribution in [0.15, 0.2) is 47.5 Å². The number of carbonyl (C=O) groups is 1. The maximum atomic E-state index is 15.1. The van der Waals surface area contributed by atoms with Gasteiger partial charge in [0.05, 0.1) is 23.8 Å². The third kappa shape index (κ3) is 7.84. The van der Waals surface area contributed by atoms with Gasteiger partial charge in [0.15, 0.2) is 20.9 Å². The van der Waals surface area contributed by atoms with Crippen molar-refractivity contribution in [2.45, 2.75) is 56.7 Å². The van der Waals surface area contributed by atoms with Crippen LogP contribution in [-0.2, 0) is 42.0 Å². The van der Waals surface area contributed by atoms with Crippen molar-refractivity contribution in [3.63, 3.8) is 0 Å². The summed E-state index contributed by atoms with van der Waals surface area (Å²) < 4.78 is 50.4. The Labute approximate surface area is 250 Å². The number of methoxy groups -OCH3 is 1. The van der Waals surface area contributed by atoms with E-state index in [4.69, 9.17) is 14.3 Å². The Kier molecular flexibility index (Phi) is 10.7. The summed E-state index contributed by atoms with van der Waals surface area (Å²) in [5.74, 6) is -1.23. The molecule has 1 unspecified atom stereocenters. The van der Waals surface area contributed by atoms with Crippen molar-refractivity contribution in [3.05, 3.63) is 64.5 Å². The van der Waals surface area contributed by atoms with E-state index in [0.717, 1.165) is 31.2 Å². The van der Waals surface area contributed by atoms with Gasteiger partial charge in [0.1, 0.15) is 5.82 Å². The summed E-state index contributed by atoms with van der Waals surface area (Å²) in [6.45, 7) is 3.58. The van der Waals surface area contributed by atoms with Gasteiger partial charge in [-0.3, -0.25) is 19.1 Å². The van der Waals surface area contributed by atoms with Gasteiger partial charge < -0.3 is 9.47 Å². The van der Waals surface area contributed by atoms with Gasteiger partial charge in [-0.1, -0.05) is 18.2 Å². The molecule has 1 fully saturated rings. The smallest absolute Gasteiger partial charge is 0.264 e. The highest BCUT2D eigenvalue weighted by Crippen LogP contribution is 2.27. The second-order valence-corrected chi connectivity index (χ2v) is 13.6. The van der Waals surface area contributed by atoms with Crippen LogP contribution in [0.3, 0.4) is 0 Å². The van der Waals surface area contributed by atoms with E-state index in [1.54, 1.807) is 31.4 Å². The van der Waals surface area contributed by atoms with Gasteiger partial charge in [0.25, 0.3) is 11.5 Å². The lowest BCUT2D eigenvalue weighted by Gasteiger charge is -2.28. The molecule has 11 nitrogen and oxygen atoms in total. The Morgan fingerprint density at radius 1 is 1.26 bits per heavy atom. The lowest BCUT2D eigenvalue weighted by molar-refractivity contribution is -0.201. The molecule has 3 aromatic rings. The third-order valence-electron chi connectivity index (χ3n) is 7.85. The van der Waals surface area contributed by atoms with Gasteiger partial charge in [-0.05, 0) is 62.6 Å². The summed E-state index contributed by atoms with van der Waals surface area (Å²) in [5.41, 5.74) is 3.97. The minimum atomic E-state index is -3.91. The number of ether oxygens (including phenoxy) is 2. The van der Waals surface area contributed by atoms with E-state index in [2.05, 4.69) is 10.5 Å². The number of fused-ring (bicyclic) bond motifs is 1. The van der Waals surface area contributed by atoms with Crippen LogP contribution < -0.4 is 11.0 Å². The highest BCUT2D eigenvalue weighted by atomic mass is 32.2. The monoisotopic (exact) mass is 618 g/mol. The molecule has 0 bridgehead atoms. The van der Waals surface area contributed by atoms with Crippen LogP contribution in [0.2, 0.25) is 0 Å². The first-order chi connectivity index (χ1) is 20.4. The van der Waals surface area contributed by atoms with Crippen LogP contribution >= 0.6 is 0 Å². The number of likely N-dealkylation sites (N-methyl/N-ethyl adjacent to an activating group) is 1. The highest BCUT2D eigenvalue weighted by molar-refractivity contribution is 7.92.